The number of carbonyl (C=O) groups is 1. The van der Waals surface area contributed by atoms with Crippen LogP contribution in [0, 0.1) is 0 Å². The molecule has 0 fully saturated rings. The number of hydrogen-bond donors (Lipinski definition) is 1. The van der Waals surface area contributed by atoms with Crippen molar-refractivity contribution in [3.8, 4) is 0 Å². The van der Waals surface area contributed by atoms with Gasteiger partial charge in [-0.15, -0.1) is 0 Å². The summed E-state index contributed by atoms with van der Waals surface area (Å²) in [6.07, 6.45) is -1.76. The van der Waals surface area contributed by atoms with Gasteiger partial charge in [0.25, 0.3) is 0 Å². The monoisotopic (exact) mass is 243 g/mol. The highest BCUT2D eigenvalue weighted by atomic mass is 35.5. The van der Waals surface area contributed by atoms with Gasteiger partial charge in [0.05, 0.1) is 0 Å². The predicted molar refractivity (Wildman–Crippen MR) is 61.3 cm³/mol. The molecule has 0 spiro atoms. The largest absolute Gasteiger partial charge is 0.444 e. The fourth-order valence-corrected chi connectivity index (χ4v) is 1.77. The number of halogens is 1. The Morgan fingerprint density at radius 2 is 2.06 bits per heavy atom. The molecular formula is C11H14ClNO3. The molecule has 16 heavy (non-hydrogen) atoms. The molecular weight excluding hydrogens is 230 g/mol. The number of methoxy groups -OCH3 is 1. The van der Waals surface area contributed by atoms with Crippen LogP contribution in [0.25, 0.3) is 0 Å². The summed E-state index contributed by atoms with van der Waals surface area (Å²) in [6.45, 7) is 1.70. The summed E-state index contributed by atoms with van der Waals surface area (Å²) in [5.41, 5.74) is 5.72. The van der Waals surface area contributed by atoms with Gasteiger partial charge in [-0.05, 0) is 13.0 Å². The van der Waals surface area contributed by atoms with E-state index in [0.29, 0.717) is 5.02 Å². The van der Waals surface area contributed by atoms with Crippen LogP contribution in [0.1, 0.15) is 18.6 Å². The number of benzene rings is 1. The highest BCUT2D eigenvalue weighted by Gasteiger charge is 2.23. The van der Waals surface area contributed by atoms with Crippen molar-refractivity contribution in [3.05, 3.63) is 34.9 Å². The molecule has 0 aliphatic heterocycles. The van der Waals surface area contributed by atoms with Gasteiger partial charge in [-0.3, -0.25) is 0 Å². The van der Waals surface area contributed by atoms with Crippen LogP contribution in [0.15, 0.2) is 24.3 Å². The van der Waals surface area contributed by atoms with Crippen LogP contribution < -0.4 is 5.73 Å². The van der Waals surface area contributed by atoms with E-state index in [1.807, 2.05) is 18.2 Å². The highest BCUT2D eigenvalue weighted by Crippen LogP contribution is 2.28. The third-order valence-electron chi connectivity index (χ3n) is 2.19. The molecule has 0 saturated carbocycles. The average molecular weight is 244 g/mol. The summed E-state index contributed by atoms with van der Waals surface area (Å²) >= 11 is 6.03. The Morgan fingerprint density at radius 3 is 2.56 bits per heavy atom. The van der Waals surface area contributed by atoms with Crippen LogP contribution in [0.2, 0.25) is 5.02 Å². The Hall–Kier alpha value is -1.26. The topological polar surface area (TPSA) is 61.6 Å². The van der Waals surface area contributed by atoms with E-state index < -0.39 is 18.3 Å². The molecule has 1 rings (SSSR count). The van der Waals surface area contributed by atoms with Crippen molar-refractivity contribution in [1.82, 2.24) is 0 Å². The second-order valence-electron chi connectivity index (χ2n) is 3.32. The van der Waals surface area contributed by atoms with Gasteiger partial charge in [0, 0.05) is 17.7 Å². The number of primary amides is 1. The lowest BCUT2D eigenvalue weighted by molar-refractivity contribution is -0.0120. The van der Waals surface area contributed by atoms with Crippen molar-refractivity contribution in [2.24, 2.45) is 5.73 Å². The molecule has 1 aromatic rings. The van der Waals surface area contributed by atoms with Crippen LogP contribution in [0.5, 0.6) is 0 Å². The molecule has 2 N–H and O–H groups in total. The minimum absolute atomic E-state index is 0.429. The summed E-state index contributed by atoms with van der Waals surface area (Å²) in [6, 6.07) is 7.22. The summed E-state index contributed by atoms with van der Waals surface area (Å²) < 4.78 is 10.1. The SMILES string of the molecule is CO[C@H](c1ccccc1Cl)[C@@H](C)OC(N)=O. The lowest BCUT2D eigenvalue weighted by Gasteiger charge is -2.23. The fourth-order valence-electron chi connectivity index (χ4n) is 1.52. The minimum atomic E-state index is -0.832. The molecule has 0 saturated heterocycles. The summed E-state index contributed by atoms with van der Waals surface area (Å²) in [4.78, 5) is 10.7. The third kappa shape index (κ3) is 3.12. The van der Waals surface area contributed by atoms with Gasteiger partial charge in [0.1, 0.15) is 12.2 Å². The zero-order valence-electron chi connectivity index (χ0n) is 9.14. The standard InChI is InChI=1S/C11H14ClNO3/c1-7(16-11(13)14)10(15-2)8-5-3-4-6-9(8)12/h3-7,10H,1-2H3,(H2,13,14)/t7-,10+/m1/s1. The smallest absolute Gasteiger partial charge is 0.404 e. The maximum Gasteiger partial charge on any atom is 0.404 e. The van der Waals surface area contributed by atoms with E-state index in [-0.39, 0.29) is 0 Å². The van der Waals surface area contributed by atoms with Gasteiger partial charge in [0.2, 0.25) is 0 Å². The Bertz CT molecular complexity index is 370. The van der Waals surface area contributed by atoms with Crippen molar-refractivity contribution < 1.29 is 14.3 Å². The molecule has 0 aliphatic rings. The van der Waals surface area contributed by atoms with Gasteiger partial charge in [-0.25, -0.2) is 4.79 Å². The Morgan fingerprint density at radius 1 is 1.44 bits per heavy atom. The first-order valence-electron chi connectivity index (χ1n) is 4.79. The molecule has 1 amide bonds. The zero-order valence-corrected chi connectivity index (χ0v) is 9.90. The van der Waals surface area contributed by atoms with Gasteiger partial charge >= 0.3 is 6.09 Å². The number of carbonyl (C=O) groups excluding carboxylic acids is 1. The Balaban J connectivity index is 2.90. The maximum absolute atomic E-state index is 10.7. The van der Waals surface area contributed by atoms with Crippen molar-refractivity contribution >= 4 is 17.7 Å². The molecule has 0 bridgehead atoms. The number of nitrogens with two attached hydrogens (primary N) is 1. The summed E-state index contributed by atoms with van der Waals surface area (Å²) in [5.74, 6) is 0. The number of rotatable bonds is 4. The summed E-state index contributed by atoms with van der Waals surface area (Å²) in [7, 11) is 1.52. The van der Waals surface area contributed by atoms with Gasteiger partial charge in [-0.2, -0.15) is 0 Å². The second kappa shape index (κ2) is 5.72. The molecule has 2 atom stereocenters. The highest BCUT2D eigenvalue weighted by molar-refractivity contribution is 6.31. The zero-order chi connectivity index (χ0) is 12.1. The quantitative estimate of drug-likeness (QED) is 0.884. The fraction of sp³-hybridized carbons (Fsp3) is 0.364. The number of hydrogen-bond acceptors (Lipinski definition) is 3. The lowest BCUT2D eigenvalue weighted by Crippen LogP contribution is -2.27. The predicted octanol–water partition coefficient (Wildman–Crippen LogP) is 2.51. The lowest BCUT2D eigenvalue weighted by atomic mass is 10.1. The van der Waals surface area contributed by atoms with E-state index in [2.05, 4.69) is 0 Å². The maximum atomic E-state index is 10.7. The van der Waals surface area contributed by atoms with E-state index >= 15 is 0 Å². The van der Waals surface area contributed by atoms with Gasteiger partial charge < -0.3 is 15.2 Å². The molecule has 4 nitrogen and oxygen atoms in total. The molecule has 88 valence electrons. The first-order chi connectivity index (χ1) is 7.56. The molecule has 0 aromatic heterocycles. The molecule has 5 heteroatoms. The molecule has 1 aromatic carbocycles. The molecule has 0 radical (unpaired) electrons. The first kappa shape index (κ1) is 12.8. The number of ether oxygens (including phenoxy) is 2. The van der Waals surface area contributed by atoms with E-state index in [4.69, 9.17) is 26.8 Å². The minimum Gasteiger partial charge on any atom is -0.444 e. The molecule has 0 aliphatic carbocycles. The van der Waals surface area contributed by atoms with Gasteiger partial charge in [-0.1, -0.05) is 29.8 Å². The van der Waals surface area contributed by atoms with Crippen LogP contribution in [-0.2, 0) is 9.47 Å². The van der Waals surface area contributed by atoms with Crippen molar-refractivity contribution in [2.45, 2.75) is 19.1 Å². The number of amides is 1. The van der Waals surface area contributed by atoms with Gasteiger partial charge in [0.15, 0.2) is 0 Å². The Labute approximate surface area is 99.3 Å². The van der Waals surface area contributed by atoms with E-state index in [9.17, 15) is 4.79 Å². The van der Waals surface area contributed by atoms with Crippen molar-refractivity contribution in [2.75, 3.05) is 7.11 Å². The summed E-state index contributed by atoms with van der Waals surface area (Å²) in [5, 5.41) is 0.564. The average Bonchev–Trinajstić information content (AvgIpc) is 2.20. The van der Waals surface area contributed by atoms with Crippen LogP contribution in [0.4, 0.5) is 4.79 Å². The molecule has 0 heterocycles. The van der Waals surface area contributed by atoms with Crippen molar-refractivity contribution in [1.29, 1.82) is 0 Å². The normalized spacial score (nSPS) is 14.2. The first-order valence-corrected chi connectivity index (χ1v) is 5.17. The Kier molecular flexibility index (Phi) is 4.58. The second-order valence-corrected chi connectivity index (χ2v) is 3.73. The third-order valence-corrected chi connectivity index (χ3v) is 2.54. The van der Waals surface area contributed by atoms with Crippen LogP contribution >= 0.6 is 11.6 Å². The van der Waals surface area contributed by atoms with E-state index in [1.165, 1.54) is 7.11 Å². The molecule has 0 unspecified atom stereocenters. The van der Waals surface area contributed by atoms with Crippen LogP contribution in [-0.4, -0.2) is 19.3 Å². The van der Waals surface area contributed by atoms with Crippen LogP contribution in [0.3, 0.4) is 0 Å². The van der Waals surface area contributed by atoms with E-state index in [1.54, 1.807) is 13.0 Å². The van der Waals surface area contributed by atoms with E-state index in [0.717, 1.165) is 5.56 Å². The van der Waals surface area contributed by atoms with Crippen molar-refractivity contribution in [3.63, 3.8) is 0 Å².